The fraction of sp³-hybridized carbons (Fsp3) is 0.862. The van der Waals surface area contributed by atoms with E-state index < -0.39 is 6.10 Å². The zero-order chi connectivity index (χ0) is 51.4. The minimum Gasteiger partial charge on any atom is -0.462 e. The number of unbranched alkanes of at least 4 members (excludes halogenated alkanes) is 41. The molecule has 0 heterocycles. The topological polar surface area (TPSA) is 78.9 Å². The summed E-state index contributed by atoms with van der Waals surface area (Å²) in [6.45, 7) is 6.58. The summed E-state index contributed by atoms with van der Waals surface area (Å²) >= 11 is 0. The van der Waals surface area contributed by atoms with Gasteiger partial charge in [-0.3, -0.25) is 14.4 Å². The molecule has 0 amide bonds. The lowest BCUT2D eigenvalue weighted by Crippen LogP contribution is -2.30. The zero-order valence-electron chi connectivity index (χ0n) is 47.8. The number of carbonyl (C=O) groups excluding carboxylic acids is 3. The van der Waals surface area contributed by atoms with Crippen molar-refractivity contribution in [3.63, 3.8) is 0 Å². The first-order valence-electron chi connectivity index (χ1n) is 31.5. The Morgan fingerprint density at radius 2 is 0.549 bits per heavy atom. The van der Waals surface area contributed by atoms with Crippen molar-refractivity contribution in [2.45, 2.75) is 348 Å². The molecule has 0 saturated heterocycles. The van der Waals surface area contributed by atoms with Crippen LogP contribution in [0.3, 0.4) is 0 Å². The largest absolute Gasteiger partial charge is 0.462 e. The van der Waals surface area contributed by atoms with Crippen molar-refractivity contribution < 1.29 is 28.6 Å². The van der Waals surface area contributed by atoms with Crippen molar-refractivity contribution in [3.8, 4) is 0 Å². The van der Waals surface area contributed by atoms with E-state index in [4.69, 9.17) is 14.2 Å². The lowest BCUT2D eigenvalue weighted by atomic mass is 10.0. The Balaban J connectivity index is 4.32. The normalized spacial score (nSPS) is 12.2. The highest BCUT2D eigenvalue weighted by atomic mass is 16.6. The summed E-state index contributed by atoms with van der Waals surface area (Å²) in [6, 6.07) is 0. The molecule has 0 aromatic heterocycles. The maximum Gasteiger partial charge on any atom is 0.306 e. The predicted molar refractivity (Wildman–Crippen MR) is 307 cm³/mol. The van der Waals surface area contributed by atoms with Gasteiger partial charge < -0.3 is 14.2 Å². The molecule has 0 radical (unpaired) electrons. The van der Waals surface area contributed by atoms with E-state index in [2.05, 4.69) is 57.2 Å². The fourth-order valence-corrected chi connectivity index (χ4v) is 9.46. The maximum absolute atomic E-state index is 12.9. The van der Waals surface area contributed by atoms with Gasteiger partial charge in [-0.1, -0.05) is 308 Å². The van der Waals surface area contributed by atoms with Crippen LogP contribution in [0.25, 0.3) is 0 Å². The first kappa shape index (κ1) is 68.6. The third kappa shape index (κ3) is 58.4. The molecule has 0 fully saturated rings. The van der Waals surface area contributed by atoms with E-state index in [9.17, 15) is 14.4 Å². The van der Waals surface area contributed by atoms with Crippen LogP contribution in [0.2, 0.25) is 0 Å². The molecule has 416 valence electrons. The molecule has 1 unspecified atom stereocenters. The Bertz CT molecular complexity index is 1190. The van der Waals surface area contributed by atoms with E-state index in [1.54, 1.807) is 0 Å². The standard InChI is InChI=1S/C65H120O6/c1-4-7-10-13-16-19-22-25-28-30-32-34-37-40-43-46-49-52-55-58-64(67)70-61-62(60-69-63(66)57-54-51-48-45-42-39-36-27-24-21-18-15-12-9-6-3)71-65(68)59-56-53-50-47-44-41-38-35-33-31-29-26-23-20-17-14-11-8-5-2/h9,12,18,21,27,36,62H,4-8,10-11,13-17,19-20,22-26,28-35,37-61H2,1-3H3/b12-9-,21-18-,36-27-. The minimum absolute atomic E-state index is 0.0722. The van der Waals surface area contributed by atoms with Crippen molar-refractivity contribution in [3.05, 3.63) is 36.5 Å². The Morgan fingerprint density at radius 3 is 0.859 bits per heavy atom. The molecule has 0 N–H and O–H groups in total. The lowest BCUT2D eigenvalue weighted by molar-refractivity contribution is -0.167. The van der Waals surface area contributed by atoms with Crippen LogP contribution in [0.5, 0.6) is 0 Å². The summed E-state index contributed by atoms with van der Waals surface area (Å²) in [6.07, 6.45) is 72.9. The van der Waals surface area contributed by atoms with Crippen LogP contribution < -0.4 is 0 Å². The maximum atomic E-state index is 12.9. The monoisotopic (exact) mass is 997 g/mol. The molecule has 0 rings (SSSR count). The second-order valence-electron chi connectivity index (χ2n) is 21.3. The quantitative estimate of drug-likeness (QED) is 0.0261. The second kappa shape index (κ2) is 60.2. The summed E-state index contributed by atoms with van der Waals surface area (Å²) < 4.78 is 16.9. The minimum atomic E-state index is -0.776. The average Bonchev–Trinajstić information content (AvgIpc) is 3.37. The predicted octanol–water partition coefficient (Wildman–Crippen LogP) is 21.2. The van der Waals surface area contributed by atoms with Crippen molar-refractivity contribution in [1.82, 2.24) is 0 Å². The molecule has 0 spiro atoms. The molecule has 0 aliphatic heterocycles. The SMILES string of the molecule is CC/C=C\C/C=C\C/C=C\CCCCCCCC(=O)OCC(COC(=O)CCCCCCCCCCCCCCCCCCCCC)OC(=O)CCCCCCCCCCCCCCCCCCCCC. The highest BCUT2D eigenvalue weighted by Crippen LogP contribution is 2.18. The Labute approximate surface area is 442 Å². The van der Waals surface area contributed by atoms with Gasteiger partial charge in [0.2, 0.25) is 0 Å². The van der Waals surface area contributed by atoms with E-state index >= 15 is 0 Å². The fourth-order valence-electron chi connectivity index (χ4n) is 9.46. The van der Waals surface area contributed by atoms with Crippen molar-refractivity contribution in [2.24, 2.45) is 0 Å². The lowest BCUT2D eigenvalue weighted by Gasteiger charge is -2.18. The van der Waals surface area contributed by atoms with Crippen LogP contribution in [0.1, 0.15) is 342 Å². The smallest absolute Gasteiger partial charge is 0.306 e. The molecule has 0 aliphatic rings. The van der Waals surface area contributed by atoms with Gasteiger partial charge in [-0.15, -0.1) is 0 Å². The molecule has 6 nitrogen and oxygen atoms in total. The second-order valence-corrected chi connectivity index (χ2v) is 21.3. The molecule has 0 bridgehead atoms. The molecular formula is C65H120O6. The summed E-state index contributed by atoms with van der Waals surface area (Å²) in [5.74, 6) is -0.864. The number of hydrogen-bond acceptors (Lipinski definition) is 6. The van der Waals surface area contributed by atoms with Crippen molar-refractivity contribution in [2.75, 3.05) is 13.2 Å². The van der Waals surface area contributed by atoms with E-state index in [0.29, 0.717) is 19.3 Å². The number of hydrogen-bond donors (Lipinski definition) is 0. The van der Waals surface area contributed by atoms with Gasteiger partial charge >= 0.3 is 17.9 Å². The van der Waals surface area contributed by atoms with Crippen molar-refractivity contribution >= 4 is 17.9 Å². The van der Waals surface area contributed by atoms with Crippen molar-refractivity contribution in [1.29, 1.82) is 0 Å². The van der Waals surface area contributed by atoms with Gasteiger partial charge in [0.1, 0.15) is 13.2 Å². The highest BCUT2D eigenvalue weighted by molar-refractivity contribution is 5.71. The van der Waals surface area contributed by atoms with Gasteiger partial charge in [-0.2, -0.15) is 0 Å². The van der Waals surface area contributed by atoms with Crippen LogP contribution >= 0.6 is 0 Å². The number of carbonyl (C=O) groups is 3. The summed E-state index contributed by atoms with van der Waals surface area (Å²) in [4.78, 5) is 38.3. The first-order valence-corrected chi connectivity index (χ1v) is 31.5. The molecule has 0 saturated carbocycles. The third-order valence-electron chi connectivity index (χ3n) is 14.2. The first-order chi connectivity index (χ1) is 35.0. The number of ether oxygens (including phenoxy) is 3. The van der Waals surface area contributed by atoms with Crippen LogP contribution in [0, 0.1) is 0 Å². The molecule has 1 atom stereocenters. The van der Waals surface area contributed by atoms with Gasteiger partial charge in [0, 0.05) is 19.3 Å². The molecule has 6 heteroatoms. The van der Waals surface area contributed by atoms with Gasteiger partial charge in [0.05, 0.1) is 0 Å². The van der Waals surface area contributed by atoms with E-state index in [0.717, 1.165) is 96.3 Å². The van der Waals surface area contributed by atoms with Gasteiger partial charge in [-0.25, -0.2) is 0 Å². The van der Waals surface area contributed by atoms with E-state index in [1.807, 2.05) is 0 Å². The third-order valence-corrected chi connectivity index (χ3v) is 14.2. The highest BCUT2D eigenvalue weighted by Gasteiger charge is 2.19. The number of esters is 3. The summed E-state index contributed by atoms with van der Waals surface area (Å²) in [5.41, 5.74) is 0. The van der Waals surface area contributed by atoms with E-state index in [-0.39, 0.29) is 31.1 Å². The summed E-state index contributed by atoms with van der Waals surface area (Å²) in [5, 5.41) is 0. The molecular weight excluding hydrogens is 877 g/mol. The molecule has 0 aromatic rings. The molecule has 0 aromatic carbocycles. The molecule has 71 heavy (non-hydrogen) atoms. The van der Waals surface area contributed by atoms with Gasteiger partial charge in [0.25, 0.3) is 0 Å². The van der Waals surface area contributed by atoms with Crippen LogP contribution in [-0.4, -0.2) is 37.2 Å². The van der Waals surface area contributed by atoms with Crippen LogP contribution in [-0.2, 0) is 28.6 Å². The van der Waals surface area contributed by atoms with Gasteiger partial charge in [0.15, 0.2) is 6.10 Å². The number of rotatable bonds is 58. The molecule has 0 aliphatic carbocycles. The Hall–Kier alpha value is -2.37. The van der Waals surface area contributed by atoms with E-state index in [1.165, 1.54) is 205 Å². The van der Waals surface area contributed by atoms with Crippen LogP contribution in [0.15, 0.2) is 36.5 Å². The zero-order valence-corrected chi connectivity index (χ0v) is 47.8. The summed E-state index contributed by atoms with van der Waals surface area (Å²) in [7, 11) is 0. The van der Waals surface area contributed by atoms with Gasteiger partial charge in [-0.05, 0) is 51.4 Å². The number of allylic oxidation sites excluding steroid dienone is 6. The average molecular weight is 998 g/mol. The van der Waals surface area contributed by atoms with Crippen LogP contribution in [0.4, 0.5) is 0 Å². The Kier molecular flexibility index (Phi) is 58.2. The Morgan fingerprint density at radius 1 is 0.296 bits per heavy atom.